The minimum atomic E-state index is -0.368. The van der Waals surface area contributed by atoms with E-state index in [9.17, 15) is 9.59 Å². The maximum absolute atomic E-state index is 11.7. The quantitative estimate of drug-likeness (QED) is 0.733. The van der Waals surface area contributed by atoms with Crippen LogP contribution in [-0.4, -0.2) is 30.5 Å². The van der Waals surface area contributed by atoms with E-state index in [4.69, 9.17) is 5.73 Å². The molecule has 0 saturated carbocycles. The van der Waals surface area contributed by atoms with E-state index in [1.807, 2.05) is 0 Å². The summed E-state index contributed by atoms with van der Waals surface area (Å²) in [5.41, 5.74) is 6.98. The van der Waals surface area contributed by atoms with Gasteiger partial charge in [-0.1, -0.05) is 0 Å². The summed E-state index contributed by atoms with van der Waals surface area (Å²) in [6.45, 7) is 1.94. The number of amides is 1. The summed E-state index contributed by atoms with van der Waals surface area (Å²) in [4.78, 5) is 26.6. The Morgan fingerprint density at radius 1 is 1.53 bits per heavy atom. The van der Waals surface area contributed by atoms with Gasteiger partial charge in [0, 0.05) is 6.54 Å². The smallest absolute Gasteiger partial charge is 0.307 e. The Morgan fingerprint density at radius 2 is 2.24 bits per heavy atom. The Labute approximate surface area is 99.2 Å². The zero-order valence-corrected chi connectivity index (χ0v) is 9.82. The number of pyridine rings is 1. The average molecular weight is 237 g/mol. The maximum Gasteiger partial charge on any atom is 0.307 e. The molecule has 0 spiro atoms. The van der Waals surface area contributed by atoms with E-state index in [0.717, 1.165) is 0 Å². The molecule has 1 rings (SSSR count). The molecule has 0 saturated heterocycles. The first kappa shape index (κ1) is 13.0. The van der Waals surface area contributed by atoms with Crippen LogP contribution < -0.4 is 11.1 Å². The maximum atomic E-state index is 11.7. The number of ether oxygens (including phenoxy) is 1. The highest BCUT2D eigenvalue weighted by molar-refractivity contribution is 5.96. The molecule has 0 atom stereocenters. The summed E-state index contributed by atoms with van der Waals surface area (Å²) >= 11 is 0. The number of hydrogen-bond acceptors (Lipinski definition) is 5. The summed E-state index contributed by atoms with van der Waals surface area (Å²) < 4.78 is 4.46. The van der Waals surface area contributed by atoms with Crippen LogP contribution in [0, 0.1) is 6.92 Å². The molecule has 6 heteroatoms. The van der Waals surface area contributed by atoms with E-state index in [1.165, 1.54) is 13.3 Å². The highest BCUT2D eigenvalue weighted by Crippen LogP contribution is 2.09. The number of nitrogens with two attached hydrogens (primary N) is 1. The highest BCUT2D eigenvalue weighted by Gasteiger charge is 2.10. The van der Waals surface area contributed by atoms with Gasteiger partial charge in [-0.05, 0) is 13.0 Å². The predicted molar refractivity (Wildman–Crippen MR) is 62.4 cm³/mol. The van der Waals surface area contributed by atoms with E-state index >= 15 is 0 Å². The van der Waals surface area contributed by atoms with Crippen molar-refractivity contribution in [2.24, 2.45) is 0 Å². The Hall–Kier alpha value is -2.11. The van der Waals surface area contributed by atoms with Gasteiger partial charge in [0.1, 0.15) is 0 Å². The SMILES string of the molecule is COC(=O)CCNC(=O)c1cc(N)cnc1C. The lowest BCUT2D eigenvalue weighted by Crippen LogP contribution is -2.27. The van der Waals surface area contributed by atoms with E-state index < -0.39 is 0 Å². The molecule has 17 heavy (non-hydrogen) atoms. The molecule has 3 N–H and O–H groups in total. The Bertz CT molecular complexity index is 432. The van der Waals surface area contributed by atoms with Gasteiger partial charge >= 0.3 is 5.97 Å². The summed E-state index contributed by atoms with van der Waals surface area (Å²) in [5, 5.41) is 2.60. The molecule has 0 bridgehead atoms. The monoisotopic (exact) mass is 237 g/mol. The molecule has 1 aromatic rings. The molecule has 1 amide bonds. The minimum absolute atomic E-state index is 0.136. The summed E-state index contributed by atoms with van der Waals surface area (Å²) in [6, 6.07) is 1.55. The molecular weight excluding hydrogens is 222 g/mol. The molecule has 1 heterocycles. The Balaban J connectivity index is 2.58. The van der Waals surface area contributed by atoms with Gasteiger partial charge in [-0.25, -0.2) is 0 Å². The highest BCUT2D eigenvalue weighted by atomic mass is 16.5. The number of aromatic nitrogens is 1. The standard InChI is InChI=1S/C11H15N3O3/c1-7-9(5-8(12)6-14-7)11(16)13-4-3-10(15)17-2/h5-6H,3-4,12H2,1-2H3,(H,13,16). The largest absolute Gasteiger partial charge is 0.469 e. The van der Waals surface area contributed by atoms with Crippen molar-refractivity contribution >= 4 is 17.6 Å². The fourth-order valence-electron chi connectivity index (χ4n) is 1.25. The molecular formula is C11H15N3O3. The van der Waals surface area contributed by atoms with Gasteiger partial charge in [0.05, 0.1) is 36.7 Å². The second-order valence-corrected chi connectivity index (χ2v) is 3.48. The number of nitrogens with zero attached hydrogens (tertiary/aromatic N) is 1. The van der Waals surface area contributed by atoms with Crippen LogP contribution in [0.4, 0.5) is 5.69 Å². The molecule has 0 aliphatic heterocycles. The third-order valence-electron chi connectivity index (χ3n) is 2.20. The number of nitrogen functional groups attached to an aromatic ring is 1. The second-order valence-electron chi connectivity index (χ2n) is 3.48. The second kappa shape index (κ2) is 5.83. The van der Waals surface area contributed by atoms with E-state index in [1.54, 1.807) is 13.0 Å². The molecule has 92 valence electrons. The molecule has 0 aromatic carbocycles. The number of carbonyl (C=O) groups is 2. The number of nitrogens with one attached hydrogen (secondary N) is 1. The van der Waals surface area contributed by atoms with Gasteiger partial charge in [-0.3, -0.25) is 14.6 Å². The predicted octanol–water partition coefficient (Wildman–Crippen LogP) is 0.265. The number of esters is 1. The van der Waals surface area contributed by atoms with Crippen LogP contribution in [0.5, 0.6) is 0 Å². The van der Waals surface area contributed by atoms with Crippen LogP contribution in [0.25, 0.3) is 0 Å². The number of methoxy groups -OCH3 is 1. The molecule has 0 unspecified atom stereocenters. The van der Waals surface area contributed by atoms with Crippen LogP contribution >= 0.6 is 0 Å². The van der Waals surface area contributed by atoms with Gasteiger partial charge in [-0.2, -0.15) is 0 Å². The van der Waals surface area contributed by atoms with Crippen LogP contribution in [0.3, 0.4) is 0 Å². The lowest BCUT2D eigenvalue weighted by molar-refractivity contribution is -0.140. The van der Waals surface area contributed by atoms with Crippen LogP contribution in [-0.2, 0) is 9.53 Å². The Morgan fingerprint density at radius 3 is 2.88 bits per heavy atom. The van der Waals surface area contributed by atoms with Crippen molar-refractivity contribution in [1.82, 2.24) is 10.3 Å². The number of hydrogen-bond donors (Lipinski definition) is 2. The average Bonchev–Trinajstić information content (AvgIpc) is 2.31. The molecule has 0 fully saturated rings. The zero-order valence-electron chi connectivity index (χ0n) is 9.82. The lowest BCUT2D eigenvalue weighted by Gasteiger charge is -2.07. The fraction of sp³-hybridized carbons (Fsp3) is 0.364. The van der Waals surface area contributed by atoms with Crippen LogP contribution in [0.15, 0.2) is 12.3 Å². The molecule has 0 aliphatic carbocycles. The van der Waals surface area contributed by atoms with Crippen molar-refractivity contribution in [3.8, 4) is 0 Å². The number of anilines is 1. The van der Waals surface area contributed by atoms with Gasteiger partial charge in [0.25, 0.3) is 5.91 Å². The molecule has 0 radical (unpaired) electrons. The van der Waals surface area contributed by atoms with Crippen molar-refractivity contribution < 1.29 is 14.3 Å². The number of aryl methyl sites for hydroxylation is 1. The zero-order chi connectivity index (χ0) is 12.8. The normalized spacial score (nSPS) is 9.76. The third kappa shape index (κ3) is 3.75. The first-order valence-corrected chi connectivity index (χ1v) is 5.11. The van der Waals surface area contributed by atoms with E-state index in [0.29, 0.717) is 16.9 Å². The minimum Gasteiger partial charge on any atom is -0.469 e. The van der Waals surface area contributed by atoms with Crippen molar-refractivity contribution in [2.45, 2.75) is 13.3 Å². The summed E-state index contributed by atoms with van der Waals surface area (Å²) in [5.74, 6) is -0.668. The molecule has 6 nitrogen and oxygen atoms in total. The summed E-state index contributed by atoms with van der Waals surface area (Å²) in [7, 11) is 1.30. The third-order valence-corrected chi connectivity index (χ3v) is 2.20. The van der Waals surface area contributed by atoms with Gasteiger partial charge < -0.3 is 15.8 Å². The van der Waals surface area contributed by atoms with Crippen LogP contribution in [0.1, 0.15) is 22.5 Å². The first-order valence-electron chi connectivity index (χ1n) is 5.11. The van der Waals surface area contributed by atoms with Gasteiger partial charge in [-0.15, -0.1) is 0 Å². The lowest BCUT2D eigenvalue weighted by atomic mass is 10.2. The number of carbonyl (C=O) groups excluding carboxylic acids is 2. The molecule has 0 aliphatic rings. The van der Waals surface area contributed by atoms with Crippen molar-refractivity contribution in [3.05, 3.63) is 23.5 Å². The first-order chi connectivity index (χ1) is 8.04. The van der Waals surface area contributed by atoms with Crippen molar-refractivity contribution in [3.63, 3.8) is 0 Å². The fourth-order valence-corrected chi connectivity index (χ4v) is 1.25. The van der Waals surface area contributed by atoms with Crippen LogP contribution in [0.2, 0.25) is 0 Å². The number of rotatable bonds is 4. The van der Waals surface area contributed by atoms with Gasteiger partial charge in [0.2, 0.25) is 0 Å². The van der Waals surface area contributed by atoms with Crippen molar-refractivity contribution in [2.75, 3.05) is 19.4 Å². The molecule has 1 aromatic heterocycles. The Kier molecular flexibility index (Phi) is 4.45. The van der Waals surface area contributed by atoms with Crippen molar-refractivity contribution in [1.29, 1.82) is 0 Å². The topological polar surface area (TPSA) is 94.3 Å². The summed E-state index contributed by atoms with van der Waals surface area (Å²) in [6.07, 6.45) is 1.62. The van der Waals surface area contributed by atoms with E-state index in [2.05, 4.69) is 15.0 Å². The van der Waals surface area contributed by atoms with E-state index in [-0.39, 0.29) is 24.8 Å². The van der Waals surface area contributed by atoms with Gasteiger partial charge in [0.15, 0.2) is 0 Å².